The monoisotopic (exact) mass is 155 g/mol. The van der Waals surface area contributed by atoms with Crippen molar-refractivity contribution >= 4 is 11.4 Å². The minimum Gasteiger partial charge on any atom is -0.256 e. The summed E-state index contributed by atoms with van der Waals surface area (Å²) in [5.41, 5.74) is 3.49. The first-order chi connectivity index (χ1) is 5.90. The van der Waals surface area contributed by atoms with E-state index < -0.39 is 0 Å². The van der Waals surface area contributed by atoms with Crippen LogP contribution in [-0.4, -0.2) is 5.71 Å². The van der Waals surface area contributed by atoms with Gasteiger partial charge < -0.3 is 0 Å². The Bertz CT molecular complexity index is 369. The van der Waals surface area contributed by atoms with Crippen molar-refractivity contribution in [3.63, 3.8) is 0 Å². The largest absolute Gasteiger partial charge is 0.256 e. The van der Waals surface area contributed by atoms with Crippen molar-refractivity contribution in [1.82, 2.24) is 0 Å². The lowest BCUT2D eigenvalue weighted by atomic mass is 10.1. The molecule has 0 saturated heterocycles. The van der Waals surface area contributed by atoms with Crippen LogP contribution in [0.5, 0.6) is 0 Å². The Morgan fingerprint density at radius 3 is 3.00 bits per heavy atom. The maximum absolute atomic E-state index is 5.21. The maximum atomic E-state index is 5.21. The molecule has 0 N–H and O–H groups in total. The van der Waals surface area contributed by atoms with E-state index in [4.69, 9.17) is 6.42 Å². The van der Waals surface area contributed by atoms with Gasteiger partial charge in [0, 0.05) is 18.6 Å². The molecule has 58 valence electrons. The van der Waals surface area contributed by atoms with Crippen molar-refractivity contribution < 1.29 is 0 Å². The van der Waals surface area contributed by atoms with Crippen molar-refractivity contribution in [2.24, 2.45) is 4.99 Å². The number of benzene rings is 1. The van der Waals surface area contributed by atoms with Crippen LogP contribution in [0.1, 0.15) is 12.0 Å². The molecule has 1 heteroatoms. The van der Waals surface area contributed by atoms with E-state index in [0.717, 1.165) is 17.8 Å². The molecular formula is C11H9N. The van der Waals surface area contributed by atoms with E-state index in [1.54, 1.807) is 0 Å². The van der Waals surface area contributed by atoms with E-state index in [-0.39, 0.29) is 0 Å². The fourth-order valence-corrected chi connectivity index (χ4v) is 1.42. The van der Waals surface area contributed by atoms with Crippen LogP contribution < -0.4 is 0 Å². The Hall–Kier alpha value is -1.55. The van der Waals surface area contributed by atoms with Crippen molar-refractivity contribution in [1.29, 1.82) is 0 Å². The Balaban J connectivity index is 2.30. The average molecular weight is 155 g/mol. The van der Waals surface area contributed by atoms with Gasteiger partial charge >= 0.3 is 0 Å². The summed E-state index contributed by atoms with van der Waals surface area (Å²) < 4.78 is 0. The number of terminal acetylenes is 1. The highest BCUT2D eigenvalue weighted by Gasteiger charge is 2.11. The first-order valence-electron chi connectivity index (χ1n) is 3.98. The second-order valence-electron chi connectivity index (χ2n) is 2.86. The van der Waals surface area contributed by atoms with E-state index in [2.05, 4.69) is 17.0 Å². The molecule has 0 amide bonds. The molecule has 1 aliphatic rings. The first kappa shape index (κ1) is 7.12. The highest BCUT2D eigenvalue weighted by atomic mass is 14.8. The molecule has 0 bridgehead atoms. The van der Waals surface area contributed by atoms with E-state index >= 15 is 0 Å². The summed E-state index contributed by atoms with van der Waals surface area (Å²) in [5.74, 6) is 2.61. The molecule has 0 saturated carbocycles. The van der Waals surface area contributed by atoms with Gasteiger partial charge in [0.15, 0.2) is 0 Å². The molecule has 0 fully saturated rings. The van der Waals surface area contributed by atoms with Gasteiger partial charge in [0.1, 0.15) is 0 Å². The molecule has 1 nitrogen and oxygen atoms in total. The van der Waals surface area contributed by atoms with Crippen molar-refractivity contribution in [3.05, 3.63) is 29.8 Å². The first-order valence-corrected chi connectivity index (χ1v) is 3.98. The smallest absolute Gasteiger partial charge is 0.0665 e. The number of rotatable bonds is 1. The lowest BCUT2D eigenvalue weighted by Gasteiger charge is -1.92. The summed E-state index contributed by atoms with van der Waals surface area (Å²) in [6.07, 6.45) is 6.82. The van der Waals surface area contributed by atoms with Crippen LogP contribution in [-0.2, 0) is 6.42 Å². The molecule has 1 aromatic rings. The van der Waals surface area contributed by atoms with E-state index in [1.165, 1.54) is 5.56 Å². The van der Waals surface area contributed by atoms with Crippen LogP contribution >= 0.6 is 0 Å². The fraction of sp³-hybridized carbons (Fsp3) is 0.182. The van der Waals surface area contributed by atoms with Crippen molar-refractivity contribution in [3.8, 4) is 12.3 Å². The highest BCUT2D eigenvalue weighted by Crippen LogP contribution is 2.26. The molecule has 0 aliphatic carbocycles. The predicted octanol–water partition coefficient (Wildman–Crippen LogP) is 2.34. The lowest BCUT2D eigenvalue weighted by molar-refractivity contribution is 1.35. The van der Waals surface area contributed by atoms with Gasteiger partial charge in [0.2, 0.25) is 0 Å². The number of hydrogen-bond donors (Lipinski definition) is 0. The van der Waals surface area contributed by atoms with E-state index in [1.807, 2.05) is 18.2 Å². The minimum atomic E-state index is 0.675. The summed E-state index contributed by atoms with van der Waals surface area (Å²) >= 11 is 0. The molecule has 1 heterocycles. The average Bonchev–Trinajstić information content (AvgIpc) is 2.47. The van der Waals surface area contributed by atoms with Gasteiger partial charge in [0.05, 0.1) is 5.69 Å². The summed E-state index contributed by atoms with van der Waals surface area (Å²) in [5, 5.41) is 0. The van der Waals surface area contributed by atoms with Crippen LogP contribution in [0.2, 0.25) is 0 Å². The second kappa shape index (κ2) is 2.83. The molecule has 0 unspecified atom stereocenters. The van der Waals surface area contributed by atoms with Gasteiger partial charge in [-0.1, -0.05) is 18.2 Å². The van der Waals surface area contributed by atoms with E-state index in [0.29, 0.717) is 6.42 Å². The zero-order valence-corrected chi connectivity index (χ0v) is 6.75. The summed E-state index contributed by atoms with van der Waals surface area (Å²) in [6, 6.07) is 8.16. The molecule has 2 rings (SSSR count). The number of hydrogen-bond acceptors (Lipinski definition) is 1. The number of fused-ring (bicyclic) bond motifs is 1. The van der Waals surface area contributed by atoms with Crippen LogP contribution in [0.25, 0.3) is 0 Å². The molecule has 12 heavy (non-hydrogen) atoms. The van der Waals surface area contributed by atoms with Gasteiger partial charge in [-0.25, -0.2) is 0 Å². The topological polar surface area (TPSA) is 12.4 Å². The normalized spacial score (nSPS) is 13.4. The van der Waals surface area contributed by atoms with Crippen LogP contribution in [0.3, 0.4) is 0 Å². The number of para-hydroxylation sites is 1. The Kier molecular flexibility index (Phi) is 1.68. The molecule has 0 aromatic heterocycles. The number of nitrogens with zero attached hydrogens (tertiary/aromatic N) is 1. The molecule has 1 aromatic carbocycles. The second-order valence-corrected chi connectivity index (χ2v) is 2.86. The number of aliphatic imine (C=N–C) groups is 1. The molecule has 0 atom stereocenters. The third kappa shape index (κ3) is 1.12. The van der Waals surface area contributed by atoms with Gasteiger partial charge in [-0.05, 0) is 11.6 Å². The van der Waals surface area contributed by atoms with Crippen molar-refractivity contribution in [2.45, 2.75) is 12.8 Å². The van der Waals surface area contributed by atoms with Crippen LogP contribution in [0.4, 0.5) is 5.69 Å². The van der Waals surface area contributed by atoms with Crippen LogP contribution in [0.15, 0.2) is 29.3 Å². The SMILES string of the molecule is C#CCC1=Nc2ccccc2C1. The maximum Gasteiger partial charge on any atom is 0.0665 e. The third-order valence-electron chi connectivity index (χ3n) is 1.97. The summed E-state index contributed by atoms with van der Waals surface area (Å²) in [6.45, 7) is 0. The van der Waals surface area contributed by atoms with Gasteiger partial charge in [-0.2, -0.15) is 0 Å². The molecular weight excluding hydrogens is 146 g/mol. The molecule has 1 aliphatic heterocycles. The zero-order valence-electron chi connectivity index (χ0n) is 6.75. The molecule has 0 spiro atoms. The minimum absolute atomic E-state index is 0.675. The predicted molar refractivity (Wildman–Crippen MR) is 50.7 cm³/mol. The molecule has 0 radical (unpaired) electrons. The Labute approximate surface area is 72.1 Å². The summed E-state index contributed by atoms with van der Waals surface area (Å²) in [4.78, 5) is 4.42. The lowest BCUT2D eigenvalue weighted by Crippen LogP contribution is -1.94. The quantitative estimate of drug-likeness (QED) is 0.552. The van der Waals surface area contributed by atoms with Gasteiger partial charge in [-0.3, -0.25) is 4.99 Å². The summed E-state index contributed by atoms with van der Waals surface area (Å²) in [7, 11) is 0. The highest BCUT2D eigenvalue weighted by molar-refractivity contribution is 5.95. The van der Waals surface area contributed by atoms with Gasteiger partial charge in [-0.15, -0.1) is 12.3 Å². The zero-order chi connectivity index (χ0) is 8.39. The fourth-order valence-electron chi connectivity index (χ4n) is 1.42. The van der Waals surface area contributed by atoms with Gasteiger partial charge in [0.25, 0.3) is 0 Å². The third-order valence-corrected chi connectivity index (χ3v) is 1.97. The Morgan fingerprint density at radius 2 is 2.25 bits per heavy atom. The standard InChI is InChI=1S/C11H9N/c1-2-5-10-8-9-6-3-4-7-11(9)12-10/h1,3-4,6-7H,5,8H2. The Morgan fingerprint density at radius 1 is 1.42 bits per heavy atom. The van der Waals surface area contributed by atoms with Crippen LogP contribution in [0, 0.1) is 12.3 Å². The van der Waals surface area contributed by atoms with Crippen molar-refractivity contribution in [2.75, 3.05) is 0 Å². The van der Waals surface area contributed by atoms with E-state index in [9.17, 15) is 0 Å².